The quantitative estimate of drug-likeness (QED) is 0.373. The van der Waals surface area contributed by atoms with Gasteiger partial charge in [-0.1, -0.05) is 0 Å². The molecule has 0 saturated carbocycles. The van der Waals surface area contributed by atoms with Crippen LogP contribution in [-0.2, 0) is 11.5 Å². The Morgan fingerprint density at radius 3 is 1.77 bits per heavy atom. The number of nitro benzene ring substituents is 2. The normalized spacial score (nSPS) is 10.6. The first-order valence-corrected chi connectivity index (χ1v) is 8.64. The largest absolute Gasteiger partial charge is 0.396 e. The van der Waals surface area contributed by atoms with Crippen LogP contribution >= 0.6 is 23.5 Å². The molecule has 0 aliphatic heterocycles. The van der Waals surface area contributed by atoms with Crippen LogP contribution in [0, 0.1) is 20.2 Å². The zero-order valence-corrected chi connectivity index (χ0v) is 13.3. The molecule has 1 rings (SSSR count). The van der Waals surface area contributed by atoms with Crippen LogP contribution in [-0.4, -0.2) is 44.8 Å². The summed E-state index contributed by atoms with van der Waals surface area (Å²) >= 11 is 2.54. The average Bonchev–Trinajstić information content (AvgIpc) is 2.47. The van der Waals surface area contributed by atoms with Crippen molar-refractivity contribution in [3.63, 3.8) is 0 Å². The molecule has 1 aromatic carbocycles. The van der Waals surface area contributed by atoms with Gasteiger partial charge in [0.05, 0.1) is 23.1 Å². The minimum atomic E-state index is -0.623. The maximum absolute atomic E-state index is 11.2. The highest BCUT2D eigenvalue weighted by atomic mass is 32.2. The zero-order chi connectivity index (χ0) is 16.5. The maximum Gasteiger partial charge on any atom is 0.280 e. The third-order valence-corrected chi connectivity index (χ3v) is 4.62. The highest BCUT2D eigenvalue weighted by molar-refractivity contribution is 7.98. The van der Waals surface area contributed by atoms with Gasteiger partial charge in [-0.15, -0.1) is 0 Å². The van der Waals surface area contributed by atoms with Gasteiger partial charge in [0.2, 0.25) is 0 Å². The summed E-state index contributed by atoms with van der Waals surface area (Å²) in [7, 11) is 0. The van der Waals surface area contributed by atoms with Gasteiger partial charge in [-0.3, -0.25) is 20.2 Å². The van der Waals surface area contributed by atoms with E-state index in [0.717, 1.165) is 0 Å². The van der Waals surface area contributed by atoms with Crippen LogP contribution in [0.25, 0.3) is 0 Å². The summed E-state index contributed by atoms with van der Waals surface area (Å²) in [6.07, 6.45) is 0. The molecule has 0 saturated heterocycles. The van der Waals surface area contributed by atoms with Gasteiger partial charge in [0.1, 0.15) is 5.56 Å². The molecule has 0 atom stereocenters. The van der Waals surface area contributed by atoms with E-state index >= 15 is 0 Å². The van der Waals surface area contributed by atoms with E-state index in [1.807, 2.05) is 0 Å². The first-order valence-electron chi connectivity index (χ1n) is 6.33. The second kappa shape index (κ2) is 9.62. The smallest absolute Gasteiger partial charge is 0.280 e. The van der Waals surface area contributed by atoms with E-state index in [0.29, 0.717) is 22.8 Å². The molecule has 0 heterocycles. The summed E-state index contributed by atoms with van der Waals surface area (Å²) in [6, 6.07) is 2.68. The Kier molecular flexibility index (Phi) is 8.17. The lowest BCUT2D eigenvalue weighted by Crippen LogP contribution is -2.03. The third-order valence-electron chi connectivity index (χ3n) is 2.64. The maximum atomic E-state index is 11.2. The minimum absolute atomic E-state index is 0.0231. The van der Waals surface area contributed by atoms with Crippen LogP contribution in [0.2, 0.25) is 0 Å². The minimum Gasteiger partial charge on any atom is -0.396 e. The molecule has 0 bridgehead atoms. The van der Waals surface area contributed by atoms with Crippen molar-refractivity contribution in [1.29, 1.82) is 0 Å². The molecule has 122 valence electrons. The van der Waals surface area contributed by atoms with Crippen molar-refractivity contribution >= 4 is 34.9 Å². The molecule has 8 nitrogen and oxygen atoms in total. The Hall–Kier alpha value is -1.36. The number of aliphatic hydroxyl groups is 2. The fourth-order valence-electron chi connectivity index (χ4n) is 1.75. The molecule has 0 spiro atoms. The van der Waals surface area contributed by atoms with Crippen LogP contribution in [0.5, 0.6) is 0 Å². The van der Waals surface area contributed by atoms with E-state index in [2.05, 4.69) is 0 Å². The molecule has 0 unspecified atom stereocenters. The molecule has 10 heteroatoms. The topological polar surface area (TPSA) is 127 Å². The predicted octanol–water partition coefficient (Wildman–Crippen LogP) is 1.95. The molecular weight excluding hydrogens is 332 g/mol. The summed E-state index contributed by atoms with van der Waals surface area (Å²) in [5.41, 5.74) is -0.0180. The molecule has 0 fully saturated rings. The second-order valence-electron chi connectivity index (χ2n) is 4.18. The number of hydrogen-bond donors (Lipinski definition) is 2. The Balaban J connectivity index is 3.15. The Bertz CT molecular complexity index is 505. The fourth-order valence-corrected chi connectivity index (χ4v) is 3.20. The number of rotatable bonds is 10. The highest BCUT2D eigenvalue weighted by Gasteiger charge is 2.26. The number of aliphatic hydroxyl groups excluding tert-OH is 2. The van der Waals surface area contributed by atoms with E-state index in [1.165, 1.54) is 35.7 Å². The summed E-state index contributed by atoms with van der Waals surface area (Å²) in [4.78, 5) is 21.1. The summed E-state index contributed by atoms with van der Waals surface area (Å²) < 4.78 is 0. The number of nitrogens with zero attached hydrogens (tertiary/aromatic N) is 2. The van der Waals surface area contributed by atoms with Gasteiger partial charge in [-0.05, 0) is 5.56 Å². The van der Waals surface area contributed by atoms with Crippen molar-refractivity contribution in [3.8, 4) is 0 Å². The Morgan fingerprint density at radius 2 is 1.36 bits per heavy atom. The number of nitro groups is 2. The molecule has 22 heavy (non-hydrogen) atoms. The van der Waals surface area contributed by atoms with Crippen LogP contribution in [0.4, 0.5) is 11.4 Å². The van der Waals surface area contributed by atoms with Crippen molar-refractivity contribution in [2.75, 3.05) is 24.7 Å². The van der Waals surface area contributed by atoms with Crippen molar-refractivity contribution in [3.05, 3.63) is 43.5 Å². The van der Waals surface area contributed by atoms with Gasteiger partial charge < -0.3 is 10.2 Å². The lowest BCUT2D eigenvalue weighted by atomic mass is 10.1. The van der Waals surface area contributed by atoms with Gasteiger partial charge >= 0.3 is 0 Å². The lowest BCUT2D eigenvalue weighted by Gasteiger charge is -2.07. The summed E-state index contributed by atoms with van der Waals surface area (Å²) in [5.74, 6) is 1.25. The fraction of sp³-hybridized carbons (Fsp3) is 0.500. The predicted molar refractivity (Wildman–Crippen MR) is 86.2 cm³/mol. The van der Waals surface area contributed by atoms with Crippen molar-refractivity contribution in [2.24, 2.45) is 0 Å². The average molecular weight is 348 g/mol. The lowest BCUT2D eigenvalue weighted by molar-refractivity contribution is -0.395. The molecular formula is C12H16N2O6S2. The molecule has 0 amide bonds. The van der Waals surface area contributed by atoms with Gasteiger partial charge in [-0.25, -0.2) is 0 Å². The van der Waals surface area contributed by atoms with Gasteiger partial charge in [0.25, 0.3) is 11.4 Å². The van der Waals surface area contributed by atoms with Crippen molar-refractivity contribution < 1.29 is 20.1 Å². The summed E-state index contributed by atoms with van der Waals surface area (Å²) in [6.45, 7) is -0.118. The number of hydrogen-bond acceptors (Lipinski definition) is 8. The van der Waals surface area contributed by atoms with Crippen LogP contribution in [0.1, 0.15) is 11.1 Å². The second-order valence-corrected chi connectivity index (χ2v) is 6.39. The Morgan fingerprint density at radius 1 is 0.909 bits per heavy atom. The van der Waals surface area contributed by atoms with E-state index in [9.17, 15) is 20.2 Å². The molecule has 0 radical (unpaired) electrons. The van der Waals surface area contributed by atoms with E-state index < -0.39 is 9.85 Å². The van der Waals surface area contributed by atoms with E-state index in [1.54, 1.807) is 0 Å². The van der Waals surface area contributed by atoms with Crippen molar-refractivity contribution in [2.45, 2.75) is 11.5 Å². The molecule has 2 N–H and O–H groups in total. The van der Waals surface area contributed by atoms with Gasteiger partial charge in [-0.2, -0.15) is 23.5 Å². The Labute approximate surface area is 135 Å². The molecule has 0 aliphatic rings. The van der Waals surface area contributed by atoms with Crippen LogP contribution < -0.4 is 0 Å². The number of thioether (sulfide) groups is 2. The SMILES string of the molecule is O=[N+]([O-])c1cc(CSCCO)cc([N+](=O)[O-])c1CSCCO. The molecule has 1 aromatic rings. The third kappa shape index (κ3) is 5.44. The first kappa shape index (κ1) is 18.7. The molecule has 0 aliphatic carbocycles. The van der Waals surface area contributed by atoms with Crippen molar-refractivity contribution in [1.82, 2.24) is 0 Å². The van der Waals surface area contributed by atoms with Crippen LogP contribution in [0.15, 0.2) is 12.1 Å². The molecule has 0 aromatic heterocycles. The summed E-state index contributed by atoms with van der Waals surface area (Å²) in [5, 5.41) is 39.9. The zero-order valence-electron chi connectivity index (χ0n) is 11.6. The van der Waals surface area contributed by atoms with E-state index in [4.69, 9.17) is 10.2 Å². The first-order chi connectivity index (χ1) is 10.5. The van der Waals surface area contributed by atoms with Gasteiger partial charge in [0.15, 0.2) is 0 Å². The standard InChI is InChI=1S/C12H16N2O6S2/c15-1-3-21-7-9-5-11(13(17)18)10(8-22-4-2-16)12(6-9)14(19)20/h5-6,15-16H,1-4,7-8H2. The number of benzene rings is 1. The highest BCUT2D eigenvalue weighted by Crippen LogP contribution is 2.34. The van der Waals surface area contributed by atoms with E-state index in [-0.39, 0.29) is 35.9 Å². The van der Waals surface area contributed by atoms with Crippen LogP contribution in [0.3, 0.4) is 0 Å². The monoisotopic (exact) mass is 348 g/mol. The van der Waals surface area contributed by atoms with Gasteiger partial charge in [0, 0.05) is 35.1 Å².